The zero-order valence-electron chi connectivity index (χ0n) is 10.7. The van der Waals surface area contributed by atoms with E-state index in [0.29, 0.717) is 0 Å². The number of hydrogen-bond donors (Lipinski definition) is 1. The lowest BCUT2D eigenvalue weighted by Gasteiger charge is -2.14. The first-order valence-corrected chi connectivity index (χ1v) is 6.52. The molecule has 1 atom stereocenters. The van der Waals surface area contributed by atoms with Crippen LogP contribution in [0.3, 0.4) is 0 Å². The minimum Gasteiger partial charge on any atom is -0.497 e. The molecule has 94 valence electrons. The fourth-order valence-corrected chi connectivity index (χ4v) is 2.26. The van der Waals surface area contributed by atoms with E-state index in [1.807, 2.05) is 45.0 Å². The van der Waals surface area contributed by atoms with E-state index in [1.54, 1.807) is 7.11 Å². The highest BCUT2D eigenvalue weighted by Gasteiger charge is 2.15. The van der Waals surface area contributed by atoms with Gasteiger partial charge in [-0.2, -0.15) is 0 Å². The Morgan fingerprint density at radius 2 is 2.06 bits per heavy atom. The molecule has 4 heteroatoms. The third-order valence-corrected chi connectivity index (χ3v) is 3.25. The summed E-state index contributed by atoms with van der Waals surface area (Å²) in [5, 5.41) is 2.79. The molecule has 1 rings (SSSR count). The Bertz CT molecular complexity index is 379. The van der Waals surface area contributed by atoms with Crippen molar-refractivity contribution in [3.63, 3.8) is 0 Å². The van der Waals surface area contributed by atoms with E-state index >= 15 is 0 Å². The van der Waals surface area contributed by atoms with E-state index < -0.39 is 0 Å². The third kappa shape index (κ3) is 4.69. The van der Waals surface area contributed by atoms with Crippen LogP contribution >= 0.6 is 11.8 Å². The topological polar surface area (TPSA) is 38.3 Å². The second-order valence-electron chi connectivity index (χ2n) is 4.10. The predicted molar refractivity (Wildman–Crippen MR) is 71.6 cm³/mol. The fourth-order valence-electron chi connectivity index (χ4n) is 1.33. The van der Waals surface area contributed by atoms with Gasteiger partial charge in [0.2, 0.25) is 5.91 Å². The van der Waals surface area contributed by atoms with Crippen molar-refractivity contribution in [2.45, 2.75) is 37.0 Å². The van der Waals surface area contributed by atoms with Gasteiger partial charge in [0, 0.05) is 10.9 Å². The molecule has 0 spiro atoms. The highest BCUT2D eigenvalue weighted by Crippen LogP contribution is 2.26. The molecular formula is C13H19NO2S. The van der Waals surface area contributed by atoms with Crippen LogP contribution in [-0.4, -0.2) is 24.3 Å². The van der Waals surface area contributed by atoms with Crippen LogP contribution in [0.15, 0.2) is 29.2 Å². The van der Waals surface area contributed by atoms with Crippen LogP contribution in [0.2, 0.25) is 0 Å². The number of ether oxygens (including phenoxy) is 1. The summed E-state index contributed by atoms with van der Waals surface area (Å²) in [6.45, 7) is 5.82. The Morgan fingerprint density at radius 1 is 1.35 bits per heavy atom. The van der Waals surface area contributed by atoms with Gasteiger partial charge in [0.25, 0.3) is 0 Å². The molecule has 0 saturated heterocycles. The van der Waals surface area contributed by atoms with Gasteiger partial charge in [-0.1, -0.05) is 6.07 Å². The lowest BCUT2D eigenvalue weighted by molar-refractivity contribution is -0.120. The number of rotatable bonds is 5. The summed E-state index contributed by atoms with van der Waals surface area (Å²) in [6.07, 6.45) is 0. The lowest BCUT2D eigenvalue weighted by Crippen LogP contribution is -2.35. The first kappa shape index (κ1) is 13.9. The van der Waals surface area contributed by atoms with Crippen molar-refractivity contribution in [1.29, 1.82) is 0 Å². The van der Waals surface area contributed by atoms with Gasteiger partial charge in [-0.05, 0) is 39.0 Å². The summed E-state index contributed by atoms with van der Waals surface area (Å²) in [6, 6.07) is 7.91. The Balaban J connectivity index is 2.60. The summed E-state index contributed by atoms with van der Waals surface area (Å²) in [7, 11) is 1.64. The average molecular weight is 253 g/mol. The largest absolute Gasteiger partial charge is 0.497 e. The third-order valence-electron chi connectivity index (χ3n) is 2.15. The Kier molecular flexibility index (Phi) is 5.35. The van der Waals surface area contributed by atoms with Gasteiger partial charge in [-0.15, -0.1) is 11.8 Å². The number of carbonyl (C=O) groups is 1. The molecule has 1 aromatic rings. The Labute approximate surface area is 107 Å². The van der Waals surface area contributed by atoms with Crippen molar-refractivity contribution in [1.82, 2.24) is 5.32 Å². The van der Waals surface area contributed by atoms with E-state index in [1.165, 1.54) is 11.8 Å². The summed E-state index contributed by atoms with van der Waals surface area (Å²) in [5.41, 5.74) is 0. The van der Waals surface area contributed by atoms with Gasteiger partial charge in [-0.25, -0.2) is 0 Å². The molecular weight excluding hydrogens is 234 g/mol. The summed E-state index contributed by atoms with van der Waals surface area (Å²) < 4.78 is 5.15. The first-order valence-electron chi connectivity index (χ1n) is 5.64. The van der Waals surface area contributed by atoms with Crippen molar-refractivity contribution in [3.05, 3.63) is 24.3 Å². The van der Waals surface area contributed by atoms with Crippen molar-refractivity contribution >= 4 is 17.7 Å². The van der Waals surface area contributed by atoms with Crippen molar-refractivity contribution < 1.29 is 9.53 Å². The molecule has 1 aromatic carbocycles. The Hall–Kier alpha value is -1.16. The molecule has 0 aliphatic heterocycles. The van der Waals surface area contributed by atoms with Crippen LogP contribution < -0.4 is 10.1 Å². The number of benzene rings is 1. The number of amides is 1. The molecule has 0 saturated carbocycles. The molecule has 1 N–H and O–H groups in total. The standard InChI is InChI=1S/C13H19NO2S/c1-9(2)14-13(15)10(3)17-12-7-5-6-11(8-12)16-4/h5-10H,1-4H3,(H,14,15)/t10-/m1/s1. The van der Waals surface area contributed by atoms with Gasteiger partial charge in [0.15, 0.2) is 0 Å². The van der Waals surface area contributed by atoms with Gasteiger partial charge in [-0.3, -0.25) is 4.79 Å². The second-order valence-corrected chi connectivity index (χ2v) is 5.52. The fraction of sp³-hybridized carbons (Fsp3) is 0.462. The van der Waals surface area contributed by atoms with Gasteiger partial charge in [0.05, 0.1) is 12.4 Å². The maximum atomic E-state index is 11.7. The van der Waals surface area contributed by atoms with Crippen molar-refractivity contribution in [3.8, 4) is 5.75 Å². The number of thioether (sulfide) groups is 1. The van der Waals surface area contributed by atoms with Crippen LogP contribution in [0.5, 0.6) is 5.75 Å². The minimum atomic E-state index is -0.107. The van der Waals surface area contributed by atoms with Gasteiger partial charge < -0.3 is 10.1 Å². The molecule has 0 aliphatic carbocycles. The molecule has 0 aromatic heterocycles. The van der Waals surface area contributed by atoms with Crippen molar-refractivity contribution in [2.24, 2.45) is 0 Å². The number of hydrogen-bond acceptors (Lipinski definition) is 3. The summed E-state index contributed by atoms with van der Waals surface area (Å²) in [5.74, 6) is 0.874. The van der Waals surface area contributed by atoms with Crippen LogP contribution in [0.25, 0.3) is 0 Å². The molecule has 0 radical (unpaired) electrons. The Morgan fingerprint density at radius 3 is 2.65 bits per heavy atom. The van der Waals surface area contributed by atoms with E-state index in [0.717, 1.165) is 10.6 Å². The first-order chi connectivity index (χ1) is 8.02. The van der Waals surface area contributed by atoms with Crippen molar-refractivity contribution in [2.75, 3.05) is 7.11 Å². The zero-order chi connectivity index (χ0) is 12.8. The van der Waals surface area contributed by atoms with Crippen LogP contribution in [0.1, 0.15) is 20.8 Å². The maximum Gasteiger partial charge on any atom is 0.233 e. The molecule has 3 nitrogen and oxygen atoms in total. The summed E-state index contributed by atoms with van der Waals surface area (Å²) >= 11 is 1.53. The second kappa shape index (κ2) is 6.55. The molecule has 0 fully saturated rings. The van der Waals surface area contributed by atoms with E-state index in [2.05, 4.69) is 5.32 Å². The lowest BCUT2D eigenvalue weighted by atomic mass is 10.3. The predicted octanol–water partition coefficient (Wildman–Crippen LogP) is 2.70. The van der Waals surface area contributed by atoms with Crippen LogP contribution in [-0.2, 0) is 4.79 Å². The molecule has 1 amide bonds. The molecule has 0 unspecified atom stereocenters. The highest BCUT2D eigenvalue weighted by atomic mass is 32.2. The SMILES string of the molecule is COc1cccc(S[C@H](C)C(=O)NC(C)C)c1. The average Bonchev–Trinajstić information content (AvgIpc) is 2.28. The smallest absolute Gasteiger partial charge is 0.233 e. The number of nitrogens with one attached hydrogen (secondary N) is 1. The molecule has 17 heavy (non-hydrogen) atoms. The van der Waals surface area contributed by atoms with Gasteiger partial charge in [0.1, 0.15) is 5.75 Å². The highest BCUT2D eigenvalue weighted by molar-refractivity contribution is 8.00. The number of carbonyl (C=O) groups excluding carboxylic acids is 1. The summed E-state index contributed by atoms with van der Waals surface area (Å²) in [4.78, 5) is 12.8. The normalized spacial score (nSPS) is 12.3. The van der Waals surface area contributed by atoms with Crippen LogP contribution in [0, 0.1) is 0 Å². The zero-order valence-corrected chi connectivity index (χ0v) is 11.5. The molecule has 0 heterocycles. The quantitative estimate of drug-likeness (QED) is 0.820. The monoisotopic (exact) mass is 253 g/mol. The molecule has 0 aliphatic rings. The van der Waals surface area contributed by atoms with Crippen LogP contribution in [0.4, 0.5) is 0 Å². The maximum absolute atomic E-state index is 11.7. The van der Waals surface area contributed by atoms with E-state index in [9.17, 15) is 4.79 Å². The van der Waals surface area contributed by atoms with E-state index in [4.69, 9.17) is 4.74 Å². The molecule has 0 bridgehead atoms. The number of methoxy groups -OCH3 is 1. The van der Waals surface area contributed by atoms with E-state index in [-0.39, 0.29) is 17.2 Å². The van der Waals surface area contributed by atoms with Gasteiger partial charge >= 0.3 is 0 Å². The minimum absolute atomic E-state index is 0.0628.